The Kier molecular flexibility index (Phi) is 4.19. The normalized spacial score (nSPS) is 28.5. The second-order valence-corrected chi connectivity index (χ2v) is 6.21. The standard InChI is InChI=1S/C17H26N2/c1-2-6-16-11-18-17(15-7-4-3-5-8-15)13-19(16)12-14-9-10-14/h3-5,7-8,14,16-18H,2,6,9-13H2,1H3. The van der Waals surface area contributed by atoms with Crippen LogP contribution in [0, 0.1) is 5.92 Å². The Balaban J connectivity index is 1.66. The quantitative estimate of drug-likeness (QED) is 0.872. The van der Waals surface area contributed by atoms with Gasteiger partial charge in [0.05, 0.1) is 0 Å². The van der Waals surface area contributed by atoms with Gasteiger partial charge in [0.2, 0.25) is 0 Å². The van der Waals surface area contributed by atoms with Gasteiger partial charge in [0.15, 0.2) is 0 Å². The van der Waals surface area contributed by atoms with Crippen LogP contribution in [0.4, 0.5) is 0 Å². The van der Waals surface area contributed by atoms with Gasteiger partial charge < -0.3 is 5.32 Å². The minimum absolute atomic E-state index is 0.521. The molecule has 0 aromatic heterocycles. The van der Waals surface area contributed by atoms with Gasteiger partial charge in [-0.2, -0.15) is 0 Å². The van der Waals surface area contributed by atoms with Crippen molar-refractivity contribution in [2.75, 3.05) is 19.6 Å². The molecule has 1 saturated carbocycles. The average molecular weight is 258 g/mol. The van der Waals surface area contributed by atoms with Gasteiger partial charge in [-0.3, -0.25) is 4.90 Å². The van der Waals surface area contributed by atoms with Crippen LogP contribution in [0.5, 0.6) is 0 Å². The first kappa shape index (κ1) is 13.1. The van der Waals surface area contributed by atoms with Crippen LogP contribution in [0.25, 0.3) is 0 Å². The van der Waals surface area contributed by atoms with Crippen LogP contribution in [0.1, 0.15) is 44.2 Å². The molecular formula is C17H26N2. The molecule has 2 nitrogen and oxygen atoms in total. The van der Waals surface area contributed by atoms with Crippen LogP contribution in [-0.2, 0) is 0 Å². The predicted octanol–water partition coefficient (Wildman–Crippen LogP) is 3.21. The van der Waals surface area contributed by atoms with Crippen molar-refractivity contribution in [2.24, 2.45) is 5.92 Å². The summed E-state index contributed by atoms with van der Waals surface area (Å²) in [7, 11) is 0. The summed E-state index contributed by atoms with van der Waals surface area (Å²) in [5, 5.41) is 3.75. The van der Waals surface area contributed by atoms with Gasteiger partial charge in [0, 0.05) is 31.7 Å². The first-order chi connectivity index (χ1) is 9.36. The number of nitrogens with zero attached hydrogens (tertiary/aromatic N) is 1. The van der Waals surface area contributed by atoms with Gasteiger partial charge in [-0.05, 0) is 30.7 Å². The van der Waals surface area contributed by atoms with Crippen molar-refractivity contribution >= 4 is 0 Å². The fourth-order valence-electron chi connectivity index (χ4n) is 3.24. The largest absolute Gasteiger partial charge is 0.307 e. The van der Waals surface area contributed by atoms with E-state index in [4.69, 9.17) is 0 Å². The number of rotatable bonds is 5. The van der Waals surface area contributed by atoms with Gasteiger partial charge in [0.25, 0.3) is 0 Å². The Morgan fingerprint density at radius 1 is 1.21 bits per heavy atom. The second-order valence-electron chi connectivity index (χ2n) is 6.21. The lowest BCUT2D eigenvalue weighted by atomic mass is 9.99. The smallest absolute Gasteiger partial charge is 0.0449 e. The molecule has 1 N–H and O–H groups in total. The monoisotopic (exact) mass is 258 g/mol. The Morgan fingerprint density at radius 2 is 2.00 bits per heavy atom. The Bertz CT molecular complexity index is 386. The minimum Gasteiger partial charge on any atom is -0.307 e. The van der Waals surface area contributed by atoms with Crippen LogP contribution < -0.4 is 5.32 Å². The molecule has 1 aliphatic heterocycles. The van der Waals surface area contributed by atoms with Crippen LogP contribution in [0.15, 0.2) is 30.3 Å². The molecule has 0 amide bonds. The summed E-state index contributed by atoms with van der Waals surface area (Å²) >= 11 is 0. The summed E-state index contributed by atoms with van der Waals surface area (Å²) in [5.41, 5.74) is 1.44. The molecule has 0 spiro atoms. The van der Waals surface area contributed by atoms with Crippen molar-refractivity contribution in [1.29, 1.82) is 0 Å². The van der Waals surface area contributed by atoms with Crippen molar-refractivity contribution in [2.45, 2.75) is 44.7 Å². The molecule has 0 radical (unpaired) electrons. The number of hydrogen-bond donors (Lipinski definition) is 1. The number of nitrogens with one attached hydrogen (secondary N) is 1. The van der Waals surface area contributed by atoms with E-state index >= 15 is 0 Å². The zero-order valence-corrected chi connectivity index (χ0v) is 12.0. The highest BCUT2D eigenvalue weighted by molar-refractivity contribution is 5.20. The van der Waals surface area contributed by atoms with Gasteiger partial charge in [-0.1, -0.05) is 43.7 Å². The summed E-state index contributed by atoms with van der Waals surface area (Å²) < 4.78 is 0. The van der Waals surface area contributed by atoms with E-state index in [1.54, 1.807) is 0 Å². The molecule has 2 aliphatic rings. The summed E-state index contributed by atoms with van der Waals surface area (Å²) in [4.78, 5) is 2.76. The van der Waals surface area contributed by atoms with Crippen molar-refractivity contribution in [3.05, 3.63) is 35.9 Å². The minimum atomic E-state index is 0.521. The Hall–Kier alpha value is -0.860. The van der Waals surface area contributed by atoms with Crippen LogP contribution in [0.3, 0.4) is 0 Å². The van der Waals surface area contributed by atoms with E-state index in [0.29, 0.717) is 6.04 Å². The van der Waals surface area contributed by atoms with Gasteiger partial charge in [0.1, 0.15) is 0 Å². The summed E-state index contributed by atoms with van der Waals surface area (Å²) in [6.07, 6.45) is 5.54. The highest BCUT2D eigenvalue weighted by atomic mass is 15.2. The maximum Gasteiger partial charge on any atom is 0.0449 e. The Labute approximate surface area is 117 Å². The molecule has 1 aromatic rings. The van der Waals surface area contributed by atoms with E-state index in [-0.39, 0.29) is 0 Å². The van der Waals surface area contributed by atoms with E-state index in [0.717, 1.165) is 18.5 Å². The van der Waals surface area contributed by atoms with Gasteiger partial charge in [-0.25, -0.2) is 0 Å². The lowest BCUT2D eigenvalue weighted by molar-refractivity contribution is 0.117. The fourth-order valence-corrected chi connectivity index (χ4v) is 3.24. The molecule has 2 fully saturated rings. The maximum atomic E-state index is 3.75. The number of benzene rings is 1. The average Bonchev–Trinajstić information content (AvgIpc) is 3.26. The zero-order chi connectivity index (χ0) is 13.1. The maximum absolute atomic E-state index is 3.75. The summed E-state index contributed by atoms with van der Waals surface area (Å²) in [5.74, 6) is 0.994. The van der Waals surface area contributed by atoms with Crippen LogP contribution in [-0.4, -0.2) is 30.6 Å². The second kappa shape index (κ2) is 6.06. The molecule has 2 unspecified atom stereocenters. The Morgan fingerprint density at radius 3 is 2.68 bits per heavy atom. The number of hydrogen-bond acceptors (Lipinski definition) is 2. The zero-order valence-electron chi connectivity index (χ0n) is 12.0. The first-order valence-electron chi connectivity index (χ1n) is 7.89. The van der Waals surface area contributed by atoms with Crippen LogP contribution in [0.2, 0.25) is 0 Å². The molecule has 2 atom stereocenters. The van der Waals surface area contributed by atoms with Gasteiger partial charge in [-0.15, -0.1) is 0 Å². The van der Waals surface area contributed by atoms with E-state index in [1.807, 2.05) is 0 Å². The first-order valence-corrected chi connectivity index (χ1v) is 7.89. The molecule has 1 aromatic carbocycles. The molecule has 1 heterocycles. The lowest BCUT2D eigenvalue weighted by Crippen LogP contribution is -2.53. The van der Waals surface area contributed by atoms with E-state index < -0.39 is 0 Å². The molecule has 19 heavy (non-hydrogen) atoms. The molecule has 104 valence electrons. The molecule has 1 saturated heterocycles. The van der Waals surface area contributed by atoms with E-state index in [9.17, 15) is 0 Å². The molecule has 3 rings (SSSR count). The molecule has 0 bridgehead atoms. The highest BCUT2D eigenvalue weighted by Gasteiger charge is 2.32. The third-order valence-corrected chi connectivity index (χ3v) is 4.55. The SMILES string of the molecule is CCCC1CNC(c2ccccc2)CN1CC1CC1. The fraction of sp³-hybridized carbons (Fsp3) is 0.647. The van der Waals surface area contributed by atoms with Gasteiger partial charge >= 0.3 is 0 Å². The highest BCUT2D eigenvalue weighted by Crippen LogP contribution is 2.32. The van der Waals surface area contributed by atoms with Crippen molar-refractivity contribution in [3.8, 4) is 0 Å². The summed E-state index contributed by atoms with van der Waals surface area (Å²) in [6, 6.07) is 12.2. The van der Waals surface area contributed by atoms with E-state index in [2.05, 4.69) is 47.5 Å². The third-order valence-electron chi connectivity index (χ3n) is 4.55. The van der Waals surface area contributed by atoms with Crippen molar-refractivity contribution < 1.29 is 0 Å². The topological polar surface area (TPSA) is 15.3 Å². The summed E-state index contributed by atoms with van der Waals surface area (Å²) in [6.45, 7) is 5.97. The molecule has 1 aliphatic carbocycles. The third kappa shape index (κ3) is 3.37. The molecule has 2 heteroatoms. The van der Waals surface area contributed by atoms with Crippen LogP contribution >= 0.6 is 0 Å². The van der Waals surface area contributed by atoms with Crippen molar-refractivity contribution in [3.63, 3.8) is 0 Å². The van der Waals surface area contributed by atoms with E-state index in [1.165, 1.54) is 44.3 Å². The molecular weight excluding hydrogens is 232 g/mol. The predicted molar refractivity (Wildman–Crippen MR) is 80.2 cm³/mol. The number of piperazine rings is 1. The lowest BCUT2D eigenvalue weighted by Gasteiger charge is -2.41. The van der Waals surface area contributed by atoms with Crippen molar-refractivity contribution in [1.82, 2.24) is 10.2 Å².